The van der Waals surface area contributed by atoms with Crippen molar-refractivity contribution in [2.45, 2.75) is 45.6 Å². The molecule has 1 aliphatic rings. The van der Waals surface area contributed by atoms with Crippen LogP contribution < -0.4 is 10.6 Å². The third-order valence-corrected chi connectivity index (χ3v) is 3.01. The maximum atomic E-state index is 11.7. The SMILES string of the molecule is CC(C)(C)Nc1ccc(NC(=O)C2CCC2)nc1. The molecule has 0 saturated heterocycles. The van der Waals surface area contributed by atoms with E-state index in [2.05, 4.69) is 36.4 Å². The summed E-state index contributed by atoms with van der Waals surface area (Å²) in [6.45, 7) is 6.29. The predicted molar refractivity (Wildman–Crippen MR) is 73.6 cm³/mol. The minimum atomic E-state index is 0.0123. The summed E-state index contributed by atoms with van der Waals surface area (Å²) in [4.78, 5) is 16.0. The van der Waals surface area contributed by atoms with Crippen LogP contribution in [0.3, 0.4) is 0 Å². The number of pyridine rings is 1. The molecule has 2 rings (SSSR count). The maximum Gasteiger partial charge on any atom is 0.228 e. The molecule has 0 aromatic carbocycles. The number of carbonyl (C=O) groups excluding carboxylic acids is 1. The molecule has 1 heterocycles. The van der Waals surface area contributed by atoms with Crippen LogP contribution in [0.15, 0.2) is 18.3 Å². The van der Waals surface area contributed by atoms with Crippen LogP contribution in [0.2, 0.25) is 0 Å². The van der Waals surface area contributed by atoms with E-state index in [0.29, 0.717) is 5.82 Å². The molecule has 0 spiro atoms. The molecule has 0 bridgehead atoms. The van der Waals surface area contributed by atoms with E-state index in [4.69, 9.17) is 0 Å². The van der Waals surface area contributed by atoms with Gasteiger partial charge in [-0.05, 0) is 45.7 Å². The zero-order chi connectivity index (χ0) is 13.2. The summed E-state index contributed by atoms with van der Waals surface area (Å²) >= 11 is 0. The highest BCUT2D eigenvalue weighted by molar-refractivity contribution is 5.92. The molecule has 0 atom stereocenters. The number of hydrogen-bond acceptors (Lipinski definition) is 3. The van der Waals surface area contributed by atoms with E-state index in [-0.39, 0.29) is 17.4 Å². The fourth-order valence-electron chi connectivity index (χ4n) is 1.87. The molecule has 2 N–H and O–H groups in total. The number of aromatic nitrogens is 1. The normalized spacial score (nSPS) is 15.9. The van der Waals surface area contributed by atoms with Gasteiger partial charge in [0, 0.05) is 11.5 Å². The van der Waals surface area contributed by atoms with Crippen LogP contribution in [0, 0.1) is 5.92 Å². The first kappa shape index (κ1) is 12.9. The molecule has 1 aliphatic carbocycles. The summed E-state index contributed by atoms with van der Waals surface area (Å²) in [6, 6.07) is 3.78. The van der Waals surface area contributed by atoms with Gasteiger partial charge in [0.15, 0.2) is 0 Å². The van der Waals surface area contributed by atoms with Gasteiger partial charge in [-0.25, -0.2) is 4.98 Å². The Bertz CT molecular complexity index is 416. The Morgan fingerprint density at radius 1 is 1.33 bits per heavy atom. The second-order valence-corrected chi connectivity index (χ2v) is 5.92. The number of nitrogens with zero attached hydrogens (tertiary/aromatic N) is 1. The summed E-state index contributed by atoms with van der Waals surface area (Å²) < 4.78 is 0. The zero-order valence-electron chi connectivity index (χ0n) is 11.3. The molecule has 0 unspecified atom stereocenters. The predicted octanol–water partition coefficient (Wildman–Crippen LogP) is 3.03. The topological polar surface area (TPSA) is 54.0 Å². The van der Waals surface area contributed by atoms with Crippen LogP contribution in [-0.2, 0) is 4.79 Å². The Morgan fingerprint density at radius 3 is 2.50 bits per heavy atom. The van der Waals surface area contributed by atoms with E-state index in [1.807, 2.05) is 12.1 Å². The lowest BCUT2D eigenvalue weighted by Gasteiger charge is -2.24. The van der Waals surface area contributed by atoms with Crippen LogP contribution in [0.5, 0.6) is 0 Å². The van der Waals surface area contributed by atoms with E-state index >= 15 is 0 Å². The van der Waals surface area contributed by atoms with Crippen molar-refractivity contribution < 1.29 is 4.79 Å². The smallest absolute Gasteiger partial charge is 0.228 e. The van der Waals surface area contributed by atoms with Gasteiger partial charge in [0.05, 0.1) is 11.9 Å². The van der Waals surface area contributed by atoms with Crippen molar-refractivity contribution in [3.63, 3.8) is 0 Å². The van der Waals surface area contributed by atoms with Crippen molar-refractivity contribution in [2.24, 2.45) is 5.92 Å². The van der Waals surface area contributed by atoms with Gasteiger partial charge in [-0.2, -0.15) is 0 Å². The van der Waals surface area contributed by atoms with Crippen LogP contribution in [0.25, 0.3) is 0 Å². The quantitative estimate of drug-likeness (QED) is 0.863. The third kappa shape index (κ3) is 3.45. The van der Waals surface area contributed by atoms with Gasteiger partial charge in [0.1, 0.15) is 5.82 Å². The molecule has 4 heteroatoms. The number of hydrogen-bond donors (Lipinski definition) is 2. The molecule has 0 aliphatic heterocycles. The fourth-order valence-corrected chi connectivity index (χ4v) is 1.87. The van der Waals surface area contributed by atoms with Crippen molar-refractivity contribution in [3.8, 4) is 0 Å². The first-order chi connectivity index (χ1) is 8.44. The summed E-state index contributed by atoms with van der Waals surface area (Å²) in [6.07, 6.45) is 4.94. The average molecular weight is 247 g/mol. The van der Waals surface area contributed by atoms with E-state index in [0.717, 1.165) is 18.5 Å². The van der Waals surface area contributed by atoms with Crippen molar-refractivity contribution in [1.82, 2.24) is 4.98 Å². The van der Waals surface area contributed by atoms with E-state index in [9.17, 15) is 4.79 Å². The molecule has 1 saturated carbocycles. The van der Waals surface area contributed by atoms with E-state index in [1.165, 1.54) is 6.42 Å². The monoisotopic (exact) mass is 247 g/mol. The van der Waals surface area contributed by atoms with Gasteiger partial charge in [-0.1, -0.05) is 6.42 Å². The van der Waals surface area contributed by atoms with Crippen LogP contribution in [0.1, 0.15) is 40.0 Å². The van der Waals surface area contributed by atoms with Crippen molar-refractivity contribution >= 4 is 17.4 Å². The minimum Gasteiger partial charge on any atom is -0.379 e. The molecular weight excluding hydrogens is 226 g/mol. The Hall–Kier alpha value is -1.58. The van der Waals surface area contributed by atoms with E-state index < -0.39 is 0 Å². The number of carbonyl (C=O) groups is 1. The molecule has 1 fully saturated rings. The van der Waals surface area contributed by atoms with Crippen molar-refractivity contribution in [2.75, 3.05) is 10.6 Å². The van der Waals surface area contributed by atoms with Crippen LogP contribution in [-0.4, -0.2) is 16.4 Å². The number of nitrogens with one attached hydrogen (secondary N) is 2. The molecule has 98 valence electrons. The molecule has 18 heavy (non-hydrogen) atoms. The second-order valence-electron chi connectivity index (χ2n) is 5.92. The summed E-state index contributed by atoms with van der Waals surface area (Å²) in [5, 5.41) is 6.19. The van der Waals surface area contributed by atoms with Gasteiger partial charge in [0.2, 0.25) is 5.91 Å². The van der Waals surface area contributed by atoms with Gasteiger partial charge in [-0.3, -0.25) is 4.79 Å². The number of amides is 1. The van der Waals surface area contributed by atoms with E-state index in [1.54, 1.807) is 6.20 Å². The highest BCUT2D eigenvalue weighted by atomic mass is 16.2. The lowest BCUT2D eigenvalue weighted by Crippen LogP contribution is -2.28. The Kier molecular flexibility index (Phi) is 3.55. The maximum absolute atomic E-state index is 11.7. The van der Waals surface area contributed by atoms with Crippen LogP contribution in [0.4, 0.5) is 11.5 Å². The van der Waals surface area contributed by atoms with Crippen LogP contribution >= 0.6 is 0 Å². The standard InChI is InChI=1S/C14H21N3O/c1-14(2,3)17-11-7-8-12(15-9-11)16-13(18)10-5-4-6-10/h7-10,17H,4-6H2,1-3H3,(H,15,16,18). The Labute approximate surface area is 108 Å². The van der Waals surface area contributed by atoms with Crippen molar-refractivity contribution in [1.29, 1.82) is 0 Å². The largest absolute Gasteiger partial charge is 0.379 e. The first-order valence-electron chi connectivity index (χ1n) is 6.49. The third-order valence-electron chi connectivity index (χ3n) is 3.01. The second kappa shape index (κ2) is 4.96. The van der Waals surface area contributed by atoms with Gasteiger partial charge in [-0.15, -0.1) is 0 Å². The number of anilines is 2. The summed E-state index contributed by atoms with van der Waals surface area (Å²) in [7, 11) is 0. The highest BCUT2D eigenvalue weighted by Crippen LogP contribution is 2.27. The molecule has 4 nitrogen and oxygen atoms in total. The van der Waals surface area contributed by atoms with Gasteiger partial charge in [0.25, 0.3) is 0 Å². The first-order valence-corrected chi connectivity index (χ1v) is 6.49. The minimum absolute atomic E-state index is 0.0123. The summed E-state index contributed by atoms with van der Waals surface area (Å²) in [5.74, 6) is 0.927. The zero-order valence-corrected chi connectivity index (χ0v) is 11.3. The fraction of sp³-hybridized carbons (Fsp3) is 0.571. The van der Waals surface area contributed by atoms with Gasteiger partial charge >= 0.3 is 0 Å². The lowest BCUT2D eigenvalue weighted by atomic mass is 9.85. The van der Waals surface area contributed by atoms with Crippen molar-refractivity contribution in [3.05, 3.63) is 18.3 Å². The Balaban J connectivity index is 1.92. The molecule has 0 radical (unpaired) electrons. The summed E-state index contributed by atoms with van der Waals surface area (Å²) in [5.41, 5.74) is 0.974. The molecule has 1 aromatic rings. The number of rotatable bonds is 3. The molecule has 1 amide bonds. The molecular formula is C14H21N3O. The highest BCUT2D eigenvalue weighted by Gasteiger charge is 2.25. The average Bonchev–Trinajstić information content (AvgIpc) is 2.16. The Morgan fingerprint density at radius 2 is 2.06 bits per heavy atom. The lowest BCUT2D eigenvalue weighted by molar-refractivity contribution is -0.122. The molecule has 1 aromatic heterocycles. The van der Waals surface area contributed by atoms with Gasteiger partial charge < -0.3 is 10.6 Å².